The van der Waals surface area contributed by atoms with Gasteiger partial charge in [-0.15, -0.1) is 12.4 Å². The minimum Gasteiger partial charge on any atom is -0.486 e. The standard InChI is InChI=1S/C18H25N3O4.ClH/c1-2-21(18(23)11-19-10-13-3-4-13)12-17(22)20-14-5-6-15-16(9-14)25-8-7-24-15;/h5-6,9,13,19H,2-4,7-8,10-12H2,1H3,(H,20,22);1H. The van der Waals surface area contributed by atoms with E-state index in [2.05, 4.69) is 10.6 Å². The van der Waals surface area contributed by atoms with Gasteiger partial charge >= 0.3 is 0 Å². The monoisotopic (exact) mass is 383 g/mol. The highest BCUT2D eigenvalue weighted by Crippen LogP contribution is 2.32. The minimum atomic E-state index is -0.228. The zero-order valence-electron chi connectivity index (χ0n) is 15.0. The molecule has 3 rings (SSSR count). The van der Waals surface area contributed by atoms with Crippen LogP contribution in [0.2, 0.25) is 0 Å². The number of ether oxygens (including phenoxy) is 2. The Hall–Kier alpha value is -1.99. The first-order valence-electron chi connectivity index (χ1n) is 8.83. The van der Waals surface area contributed by atoms with Crippen LogP contribution in [-0.4, -0.2) is 56.1 Å². The molecular weight excluding hydrogens is 358 g/mol. The lowest BCUT2D eigenvalue weighted by Gasteiger charge is -2.21. The van der Waals surface area contributed by atoms with Crippen LogP contribution in [0.3, 0.4) is 0 Å². The average molecular weight is 384 g/mol. The predicted molar refractivity (Wildman–Crippen MR) is 101 cm³/mol. The molecule has 0 radical (unpaired) electrons. The molecule has 2 amide bonds. The summed E-state index contributed by atoms with van der Waals surface area (Å²) in [6.07, 6.45) is 2.49. The van der Waals surface area contributed by atoms with Gasteiger partial charge in [-0.2, -0.15) is 0 Å². The van der Waals surface area contributed by atoms with Crippen molar-refractivity contribution in [3.8, 4) is 11.5 Å². The van der Waals surface area contributed by atoms with Crippen molar-refractivity contribution in [3.63, 3.8) is 0 Å². The van der Waals surface area contributed by atoms with Crippen LogP contribution in [0.15, 0.2) is 18.2 Å². The third kappa shape index (κ3) is 5.78. The lowest BCUT2D eigenvalue weighted by Crippen LogP contribution is -2.42. The van der Waals surface area contributed by atoms with E-state index in [-0.39, 0.29) is 37.3 Å². The molecule has 0 unspecified atom stereocenters. The SMILES string of the molecule is CCN(CC(=O)Nc1ccc2c(c1)OCCO2)C(=O)CNCC1CC1.Cl. The van der Waals surface area contributed by atoms with E-state index in [1.807, 2.05) is 6.92 Å². The van der Waals surface area contributed by atoms with Crippen LogP contribution in [0.1, 0.15) is 19.8 Å². The number of benzene rings is 1. The molecule has 0 bridgehead atoms. The molecule has 8 heteroatoms. The highest BCUT2D eigenvalue weighted by atomic mass is 35.5. The van der Waals surface area contributed by atoms with Crippen molar-refractivity contribution in [3.05, 3.63) is 18.2 Å². The van der Waals surface area contributed by atoms with Crippen molar-refractivity contribution in [2.75, 3.05) is 44.7 Å². The number of amides is 2. The fourth-order valence-corrected chi connectivity index (χ4v) is 2.69. The Morgan fingerprint density at radius 1 is 1.19 bits per heavy atom. The molecule has 2 aliphatic rings. The summed E-state index contributed by atoms with van der Waals surface area (Å²) in [6, 6.07) is 5.27. The third-order valence-electron chi connectivity index (χ3n) is 4.30. The van der Waals surface area contributed by atoms with Crippen molar-refractivity contribution in [1.82, 2.24) is 10.2 Å². The summed E-state index contributed by atoms with van der Waals surface area (Å²) in [4.78, 5) is 26.0. The molecule has 2 N–H and O–H groups in total. The molecule has 1 aromatic carbocycles. The first-order chi connectivity index (χ1) is 12.2. The van der Waals surface area contributed by atoms with Gasteiger partial charge < -0.3 is 25.0 Å². The number of hydrogen-bond acceptors (Lipinski definition) is 5. The Kier molecular flexibility index (Phi) is 7.53. The number of fused-ring (bicyclic) bond motifs is 1. The van der Waals surface area contributed by atoms with Gasteiger partial charge in [0.05, 0.1) is 13.1 Å². The molecule has 0 saturated heterocycles. The highest BCUT2D eigenvalue weighted by molar-refractivity contribution is 5.95. The van der Waals surface area contributed by atoms with Crippen LogP contribution in [0.5, 0.6) is 11.5 Å². The Morgan fingerprint density at radius 2 is 1.92 bits per heavy atom. The van der Waals surface area contributed by atoms with Crippen LogP contribution in [-0.2, 0) is 9.59 Å². The molecule has 0 atom stereocenters. The van der Waals surface area contributed by atoms with Gasteiger partial charge in [-0.1, -0.05) is 0 Å². The normalized spacial score (nSPS) is 15.0. The minimum absolute atomic E-state index is 0. The number of likely N-dealkylation sites (N-methyl/N-ethyl adjacent to an activating group) is 1. The zero-order chi connectivity index (χ0) is 17.6. The maximum Gasteiger partial charge on any atom is 0.243 e. The van der Waals surface area contributed by atoms with E-state index >= 15 is 0 Å². The van der Waals surface area contributed by atoms with Crippen molar-refractivity contribution < 1.29 is 19.1 Å². The van der Waals surface area contributed by atoms with Crippen LogP contribution >= 0.6 is 12.4 Å². The summed E-state index contributed by atoms with van der Waals surface area (Å²) in [5.41, 5.74) is 0.629. The van der Waals surface area contributed by atoms with Crippen LogP contribution in [0.25, 0.3) is 0 Å². The van der Waals surface area contributed by atoms with E-state index in [9.17, 15) is 9.59 Å². The summed E-state index contributed by atoms with van der Waals surface area (Å²) in [5.74, 6) is 1.74. The molecule has 1 aliphatic carbocycles. The maximum absolute atomic E-state index is 12.2. The largest absolute Gasteiger partial charge is 0.486 e. The number of nitrogens with zero attached hydrogens (tertiary/aromatic N) is 1. The lowest BCUT2D eigenvalue weighted by molar-refractivity contribution is -0.133. The second kappa shape index (κ2) is 9.64. The molecule has 1 heterocycles. The van der Waals surface area contributed by atoms with E-state index in [0.717, 1.165) is 12.5 Å². The smallest absolute Gasteiger partial charge is 0.243 e. The maximum atomic E-state index is 12.2. The molecule has 26 heavy (non-hydrogen) atoms. The molecule has 1 fully saturated rings. The second-order valence-electron chi connectivity index (χ2n) is 6.39. The van der Waals surface area contributed by atoms with Gasteiger partial charge in [-0.05, 0) is 44.4 Å². The number of nitrogens with one attached hydrogen (secondary N) is 2. The first-order valence-corrected chi connectivity index (χ1v) is 8.83. The number of hydrogen-bond donors (Lipinski definition) is 2. The van der Waals surface area contributed by atoms with Gasteiger partial charge in [-0.3, -0.25) is 9.59 Å². The van der Waals surface area contributed by atoms with E-state index in [0.29, 0.717) is 36.9 Å². The topological polar surface area (TPSA) is 79.9 Å². The molecule has 1 saturated carbocycles. The van der Waals surface area contributed by atoms with E-state index < -0.39 is 0 Å². The quantitative estimate of drug-likeness (QED) is 0.713. The number of carbonyl (C=O) groups is 2. The number of anilines is 1. The summed E-state index contributed by atoms with van der Waals surface area (Å²) < 4.78 is 11.0. The van der Waals surface area contributed by atoms with Crippen molar-refractivity contribution in [2.45, 2.75) is 19.8 Å². The molecule has 7 nitrogen and oxygen atoms in total. The lowest BCUT2D eigenvalue weighted by atomic mass is 10.2. The summed E-state index contributed by atoms with van der Waals surface area (Å²) in [5, 5.41) is 5.97. The Balaban J connectivity index is 0.00000243. The molecule has 1 aliphatic heterocycles. The predicted octanol–water partition coefficient (Wildman–Crippen LogP) is 1.67. The highest BCUT2D eigenvalue weighted by Gasteiger charge is 2.22. The van der Waals surface area contributed by atoms with E-state index in [1.165, 1.54) is 12.8 Å². The molecular formula is C18H26ClN3O4. The molecule has 144 valence electrons. The Bertz CT molecular complexity index is 637. The fourth-order valence-electron chi connectivity index (χ4n) is 2.69. The number of carbonyl (C=O) groups excluding carboxylic acids is 2. The molecule has 0 aromatic heterocycles. The van der Waals surface area contributed by atoms with E-state index in [1.54, 1.807) is 23.1 Å². The first kappa shape index (κ1) is 20.3. The van der Waals surface area contributed by atoms with Gasteiger partial charge in [0.15, 0.2) is 11.5 Å². The second-order valence-corrected chi connectivity index (χ2v) is 6.39. The zero-order valence-corrected chi connectivity index (χ0v) is 15.8. The summed E-state index contributed by atoms with van der Waals surface area (Å²) in [6.45, 7) is 4.59. The number of rotatable bonds is 8. The third-order valence-corrected chi connectivity index (χ3v) is 4.30. The van der Waals surface area contributed by atoms with Crippen LogP contribution in [0, 0.1) is 5.92 Å². The fraction of sp³-hybridized carbons (Fsp3) is 0.556. The Labute approximate surface area is 159 Å². The van der Waals surface area contributed by atoms with Gasteiger partial charge in [-0.25, -0.2) is 0 Å². The number of halogens is 1. The van der Waals surface area contributed by atoms with Gasteiger partial charge in [0, 0.05) is 18.3 Å². The summed E-state index contributed by atoms with van der Waals surface area (Å²) >= 11 is 0. The van der Waals surface area contributed by atoms with Gasteiger partial charge in [0.1, 0.15) is 13.2 Å². The Morgan fingerprint density at radius 3 is 2.62 bits per heavy atom. The van der Waals surface area contributed by atoms with Gasteiger partial charge in [0.2, 0.25) is 11.8 Å². The van der Waals surface area contributed by atoms with Crippen LogP contribution in [0.4, 0.5) is 5.69 Å². The van der Waals surface area contributed by atoms with Crippen LogP contribution < -0.4 is 20.1 Å². The van der Waals surface area contributed by atoms with Crippen molar-refractivity contribution in [2.24, 2.45) is 5.92 Å². The molecule has 0 spiro atoms. The summed E-state index contributed by atoms with van der Waals surface area (Å²) in [7, 11) is 0. The van der Waals surface area contributed by atoms with Crippen molar-refractivity contribution in [1.29, 1.82) is 0 Å². The average Bonchev–Trinajstić information content (AvgIpc) is 3.43. The van der Waals surface area contributed by atoms with Crippen molar-refractivity contribution >= 4 is 29.9 Å². The molecule has 1 aromatic rings. The van der Waals surface area contributed by atoms with E-state index in [4.69, 9.17) is 9.47 Å². The van der Waals surface area contributed by atoms with Gasteiger partial charge in [0.25, 0.3) is 0 Å².